The summed E-state index contributed by atoms with van der Waals surface area (Å²) in [6, 6.07) is 15.3. The lowest BCUT2D eigenvalue weighted by Crippen LogP contribution is -2.26. The SMILES string of the molecule is Cc1c(-c2ccc(C(N)=O)c3[nH]c(-c4cnn(CC(C)(C)O)c4)cc23)cccc1N(C)C=Nc1ccc(F)cc1C=O. The summed E-state index contributed by atoms with van der Waals surface area (Å²) in [6.07, 6.45) is 5.70. The van der Waals surface area contributed by atoms with Crippen molar-refractivity contribution < 1.29 is 19.1 Å². The van der Waals surface area contributed by atoms with Gasteiger partial charge in [0, 0.05) is 41.1 Å². The number of hydrogen-bond acceptors (Lipinski definition) is 5. The van der Waals surface area contributed by atoms with E-state index in [1.807, 2.05) is 55.4 Å². The number of carbonyl (C=O) groups is 2. The van der Waals surface area contributed by atoms with Crippen molar-refractivity contribution in [1.29, 1.82) is 0 Å². The van der Waals surface area contributed by atoms with Crippen LogP contribution >= 0.6 is 0 Å². The molecule has 0 aliphatic heterocycles. The van der Waals surface area contributed by atoms with Crippen LogP contribution in [0.15, 0.2) is 72.0 Å². The number of fused-ring (bicyclic) bond motifs is 1. The Morgan fingerprint density at radius 1 is 1.19 bits per heavy atom. The number of aliphatic imine (C=N–C) groups is 1. The number of benzene rings is 3. The van der Waals surface area contributed by atoms with Crippen molar-refractivity contribution in [3.8, 4) is 22.4 Å². The zero-order valence-corrected chi connectivity index (χ0v) is 23.7. The molecule has 1 amide bonds. The fourth-order valence-corrected chi connectivity index (χ4v) is 5.05. The molecule has 0 bridgehead atoms. The van der Waals surface area contributed by atoms with E-state index in [2.05, 4.69) is 15.1 Å². The summed E-state index contributed by atoms with van der Waals surface area (Å²) in [7, 11) is 1.84. The molecule has 9 nitrogen and oxygen atoms in total. The topological polar surface area (TPSA) is 130 Å². The maximum atomic E-state index is 13.5. The molecule has 5 aromatic rings. The highest BCUT2D eigenvalue weighted by Crippen LogP contribution is 2.38. The summed E-state index contributed by atoms with van der Waals surface area (Å²) in [6.45, 7) is 5.75. The third-order valence-electron chi connectivity index (χ3n) is 7.01. The quantitative estimate of drug-likeness (QED) is 0.121. The van der Waals surface area contributed by atoms with Crippen LogP contribution < -0.4 is 10.6 Å². The number of amides is 1. The van der Waals surface area contributed by atoms with E-state index in [1.165, 1.54) is 12.1 Å². The number of primary amides is 1. The van der Waals surface area contributed by atoms with Gasteiger partial charge >= 0.3 is 0 Å². The molecule has 0 atom stereocenters. The molecule has 214 valence electrons. The Balaban J connectivity index is 1.56. The lowest BCUT2D eigenvalue weighted by molar-refractivity contribution is 0.0577. The average Bonchev–Trinajstić information content (AvgIpc) is 3.58. The van der Waals surface area contributed by atoms with Crippen LogP contribution in [0, 0.1) is 12.7 Å². The molecule has 0 saturated carbocycles. The molecule has 0 spiro atoms. The second kappa shape index (κ2) is 11.1. The lowest BCUT2D eigenvalue weighted by atomic mass is 9.94. The highest BCUT2D eigenvalue weighted by molar-refractivity contribution is 6.11. The first kappa shape index (κ1) is 28.4. The van der Waals surface area contributed by atoms with Gasteiger partial charge in [-0.05, 0) is 73.9 Å². The van der Waals surface area contributed by atoms with Crippen molar-refractivity contribution in [3.05, 3.63) is 89.5 Å². The van der Waals surface area contributed by atoms with Gasteiger partial charge in [-0.25, -0.2) is 9.38 Å². The van der Waals surface area contributed by atoms with Gasteiger partial charge in [-0.3, -0.25) is 14.3 Å². The minimum absolute atomic E-state index is 0.163. The predicted molar refractivity (Wildman–Crippen MR) is 163 cm³/mol. The van der Waals surface area contributed by atoms with Gasteiger partial charge in [0.05, 0.1) is 41.4 Å². The van der Waals surface area contributed by atoms with E-state index in [-0.39, 0.29) is 5.56 Å². The van der Waals surface area contributed by atoms with E-state index in [1.54, 1.807) is 37.1 Å². The van der Waals surface area contributed by atoms with E-state index in [4.69, 9.17) is 5.73 Å². The summed E-state index contributed by atoms with van der Waals surface area (Å²) in [4.78, 5) is 33.3. The number of nitrogens with one attached hydrogen (secondary N) is 1. The van der Waals surface area contributed by atoms with Crippen molar-refractivity contribution in [1.82, 2.24) is 14.8 Å². The van der Waals surface area contributed by atoms with Gasteiger partial charge in [0.2, 0.25) is 0 Å². The molecule has 2 heterocycles. The van der Waals surface area contributed by atoms with Crippen LogP contribution in [0.25, 0.3) is 33.3 Å². The molecule has 0 fully saturated rings. The summed E-state index contributed by atoms with van der Waals surface area (Å²) in [5, 5.41) is 15.4. The molecular weight excluding hydrogens is 535 g/mol. The molecule has 10 heteroatoms. The summed E-state index contributed by atoms with van der Waals surface area (Å²) in [5.41, 5.74) is 11.5. The third kappa shape index (κ3) is 5.70. The highest BCUT2D eigenvalue weighted by Gasteiger charge is 2.19. The fourth-order valence-electron chi connectivity index (χ4n) is 5.05. The van der Waals surface area contributed by atoms with Gasteiger partial charge < -0.3 is 20.7 Å². The number of halogens is 1. The molecule has 0 unspecified atom stereocenters. The third-order valence-corrected chi connectivity index (χ3v) is 7.01. The Bertz CT molecular complexity index is 1850. The highest BCUT2D eigenvalue weighted by atomic mass is 19.1. The number of nitrogens with zero attached hydrogens (tertiary/aromatic N) is 4. The Morgan fingerprint density at radius 2 is 1.98 bits per heavy atom. The number of aliphatic hydroxyl groups is 1. The Hall–Kier alpha value is -5.09. The van der Waals surface area contributed by atoms with Gasteiger partial charge in [0.25, 0.3) is 5.91 Å². The summed E-state index contributed by atoms with van der Waals surface area (Å²) < 4.78 is 15.2. The molecule has 2 aromatic heterocycles. The van der Waals surface area contributed by atoms with Crippen LogP contribution in [0.1, 0.15) is 40.1 Å². The van der Waals surface area contributed by atoms with E-state index in [0.717, 1.165) is 45.1 Å². The number of aldehydes is 1. The van der Waals surface area contributed by atoms with Crippen LogP contribution in [0.5, 0.6) is 0 Å². The first-order valence-electron chi connectivity index (χ1n) is 13.3. The zero-order valence-electron chi connectivity index (χ0n) is 23.7. The number of anilines is 1. The summed E-state index contributed by atoms with van der Waals surface area (Å²) in [5.74, 6) is -1.05. The maximum Gasteiger partial charge on any atom is 0.250 e. The Morgan fingerprint density at radius 3 is 2.69 bits per heavy atom. The molecule has 3 aromatic carbocycles. The number of nitrogens with two attached hydrogens (primary N) is 1. The normalized spacial score (nSPS) is 11.9. The van der Waals surface area contributed by atoms with Crippen LogP contribution in [0.3, 0.4) is 0 Å². The first-order valence-corrected chi connectivity index (χ1v) is 13.3. The Kier molecular flexibility index (Phi) is 7.49. The predicted octanol–water partition coefficient (Wildman–Crippen LogP) is 5.62. The van der Waals surface area contributed by atoms with E-state index < -0.39 is 17.3 Å². The molecule has 4 N–H and O–H groups in total. The molecule has 5 rings (SSSR count). The van der Waals surface area contributed by atoms with Gasteiger partial charge in [-0.15, -0.1) is 0 Å². The van der Waals surface area contributed by atoms with Gasteiger partial charge in [0.1, 0.15) is 5.82 Å². The van der Waals surface area contributed by atoms with Gasteiger partial charge in [-0.1, -0.05) is 18.2 Å². The molecule has 42 heavy (non-hydrogen) atoms. The van der Waals surface area contributed by atoms with Gasteiger partial charge in [-0.2, -0.15) is 5.10 Å². The molecule has 0 radical (unpaired) electrons. The number of aromatic amines is 1. The Labute approximate surface area is 242 Å². The van der Waals surface area contributed by atoms with Crippen molar-refractivity contribution in [2.24, 2.45) is 10.7 Å². The minimum atomic E-state index is -0.924. The van der Waals surface area contributed by atoms with E-state index >= 15 is 0 Å². The van der Waals surface area contributed by atoms with Crippen LogP contribution in [-0.2, 0) is 6.54 Å². The van der Waals surface area contributed by atoms with Crippen molar-refractivity contribution in [2.45, 2.75) is 32.9 Å². The lowest BCUT2D eigenvalue weighted by Gasteiger charge is -2.19. The molecular formula is C32H31FN6O3. The monoisotopic (exact) mass is 566 g/mol. The van der Waals surface area contributed by atoms with Gasteiger partial charge in [0.15, 0.2) is 6.29 Å². The molecule has 0 saturated heterocycles. The number of carbonyl (C=O) groups excluding carboxylic acids is 2. The second-order valence-electron chi connectivity index (χ2n) is 10.9. The molecule has 0 aliphatic carbocycles. The first-order chi connectivity index (χ1) is 19.9. The number of hydrogen-bond donors (Lipinski definition) is 3. The number of H-pyrrole nitrogens is 1. The second-order valence-corrected chi connectivity index (χ2v) is 10.9. The maximum absolute atomic E-state index is 13.5. The zero-order chi connectivity index (χ0) is 30.2. The number of rotatable bonds is 9. The largest absolute Gasteiger partial charge is 0.389 e. The number of aromatic nitrogens is 3. The van der Waals surface area contributed by atoms with Crippen molar-refractivity contribution in [3.63, 3.8) is 0 Å². The van der Waals surface area contributed by atoms with Crippen LogP contribution in [0.2, 0.25) is 0 Å². The molecule has 0 aliphatic rings. The summed E-state index contributed by atoms with van der Waals surface area (Å²) >= 11 is 0. The van der Waals surface area contributed by atoms with Crippen molar-refractivity contribution >= 4 is 40.8 Å². The van der Waals surface area contributed by atoms with Crippen LogP contribution in [-0.4, -0.2) is 51.1 Å². The average molecular weight is 567 g/mol. The van der Waals surface area contributed by atoms with E-state index in [9.17, 15) is 19.1 Å². The standard InChI is InChI=1S/C32H31FN6O3/c1-19-23(6-5-7-29(19)38(4)18-35-27-11-8-22(33)12-20(27)16-40)24-9-10-25(31(34)41)30-26(24)13-28(37-30)21-14-36-39(15-21)17-32(2,3)42/h5-16,18,37,42H,17H2,1-4H3,(H2,34,41). The van der Waals surface area contributed by atoms with Crippen molar-refractivity contribution in [2.75, 3.05) is 11.9 Å². The smallest absolute Gasteiger partial charge is 0.250 e. The minimum Gasteiger partial charge on any atom is -0.389 e. The fraction of sp³-hybridized carbons (Fsp3) is 0.188. The van der Waals surface area contributed by atoms with Crippen LogP contribution in [0.4, 0.5) is 15.8 Å². The van der Waals surface area contributed by atoms with E-state index in [0.29, 0.717) is 29.6 Å².